The van der Waals surface area contributed by atoms with E-state index in [0.717, 1.165) is 12.0 Å². The van der Waals surface area contributed by atoms with Crippen LogP contribution in [0, 0.1) is 11.8 Å². The van der Waals surface area contributed by atoms with Gasteiger partial charge in [0.1, 0.15) is 0 Å². The number of carbonyl (C=O) groups is 2. The summed E-state index contributed by atoms with van der Waals surface area (Å²) in [5.41, 5.74) is 1.93. The van der Waals surface area contributed by atoms with Crippen molar-refractivity contribution in [3.8, 4) is 0 Å². The highest BCUT2D eigenvalue weighted by Gasteiger charge is 2.39. The normalized spacial score (nSPS) is 18.4. The molecule has 2 amide bonds. The van der Waals surface area contributed by atoms with Crippen molar-refractivity contribution in [1.29, 1.82) is 0 Å². The fraction of sp³-hybridized carbons (Fsp3) is 0.300. The predicted octanol–water partition coefficient (Wildman–Crippen LogP) is 2.12. The van der Waals surface area contributed by atoms with Crippen molar-refractivity contribution in [3.05, 3.63) is 59.7 Å². The third-order valence-electron chi connectivity index (χ3n) is 4.82. The summed E-state index contributed by atoms with van der Waals surface area (Å²) in [6, 6.07) is 13.0. The second-order valence-electron chi connectivity index (χ2n) is 6.92. The monoisotopic (exact) mass is 401 g/mol. The van der Waals surface area contributed by atoms with Crippen LogP contribution in [-0.4, -0.2) is 27.3 Å². The average molecular weight is 401 g/mol. The van der Waals surface area contributed by atoms with Crippen molar-refractivity contribution in [2.75, 3.05) is 12.4 Å². The minimum Gasteiger partial charge on any atom is -0.348 e. The molecule has 0 aromatic heterocycles. The molecule has 0 bridgehead atoms. The first-order valence-corrected chi connectivity index (χ1v) is 10.5. The van der Waals surface area contributed by atoms with Crippen LogP contribution in [0.3, 0.4) is 0 Å². The Morgan fingerprint density at radius 1 is 1.04 bits per heavy atom. The maximum atomic E-state index is 12.3. The number of anilines is 1. The van der Waals surface area contributed by atoms with Crippen LogP contribution in [0.4, 0.5) is 5.69 Å². The lowest BCUT2D eigenvalue weighted by Gasteiger charge is -2.08. The molecule has 1 aliphatic rings. The summed E-state index contributed by atoms with van der Waals surface area (Å²) in [7, 11) is -2.12. The van der Waals surface area contributed by atoms with Gasteiger partial charge < -0.3 is 10.6 Å². The summed E-state index contributed by atoms with van der Waals surface area (Å²) in [5.74, 6) is 0.309. The Hall–Kier alpha value is -2.71. The van der Waals surface area contributed by atoms with E-state index >= 15 is 0 Å². The van der Waals surface area contributed by atoms with Gasteiger partial charge in [0.25, 0.3) is 5.91 Å². The minimum absolute atomic E-state index is 0.0217. The summed E-state index contributed by atoms with van der Waals surface area (Å²) in [4.78, 5) is 24.4. The Balaban J connectivity index is 1.54. The van der Waals surface area contributed by atoms with Gasteiger partial charge >= 0.3 is 0 Å². The molecule has 3 N–H and O–H groups in total. The van der Waals surface area contributed by atoms with E-state index in [9.17, 15) is 18.0 Å². The van der Waals surface area contributed by atoms with Crippen molar-refractivity contribution in [2.45, 2.75) is 24.8 Å². The number of hydrogen-bond acceptors (Lipinski definition) is 4. The predicted molar refractivity (Wildman–Crippen MR) is 106 cm³/mol. The fourth-order valence-electron chi connectivity index (χ4n) is 2.82. The molecule has 0 spiro atoms. The molecule has 2 aromatic carbocycles. The summed E-state index contributed by atoms with van der Waals surface area (Å²) >= 11 is 0. The molecular weight excluding hydrogens is 378 g/mol. The molecule has 2 atom stereocenters. The van der Waals surface area contributed by atoms with Crippen LogP contribution in [-0.2, 0) is 21.4 Å². The summed E-state index contributed by atoms with van der Waals surface area (Å²) in [6.07, 6.45) is 0.925. The Morgan fingerprint density at radius 2 is 1.64 bits per heavy atom. The Labute approximate surface area is 164 Å². The van der Waals surface area contributed by atoms with E-state index in [1.165, 1.54) is 19.2 Å². The van der Waals surface area contributed by atoms with Crippen LogP contribution in [0.5, 0.6) is 0 Å². The molecule has 1 fully saturated rings. The number of hydrogen-bond donors (Lipinski definition) is 3. The van der Waals surface area contributed by atoms with Gasteiger partial charge in [0.05, 0.1) is 4.90 Å². The molecule has 2 aromatic rings. The number of carbonyl (C=O) groups excluding carboxylic acids is 2. The van der Waals surface area contributed by atoms with Gasteiger partial charge in [-0.3, -0.25) is 9.59 Å². The first kappa shape index (κ1) is 20.0. The van der Waals surface area contributed by atoms with Crippen LogP contribution in [0.25, 0.3) is 0 Å². The smallest absolute Gasteiger partial charge is 0.251 e. The van der Waals surface area contributed by atoms with Crippen molar-refractivity contribution in [2.24, 2.45) is 11.8 Å². The fourth-order valence-corrected chi connectivity index (χ4v) is 3.55. The molecule has 1 aliphatic carbocycles. The van der Waals surface area contributed by atoms with Crippen LogP contribution in [0.15, 0.2) is 53.4 Å². The van der Waals surface area contributed by atoms with E-state index in [-0.39, 0.29) is 29.2 Å². The van der Waals surface area contributed by atoms with Gasteiger partial charge in [-0.05, 0) is 61.3 Å². The van der Waals surface area contributed by atoms with Crippen molar-refractivity contribution in [3.63, 3.8) is 0 Å². The molecule has 148 valence electrons. The number of amides is 2. The summed E-state index contributed by atoms with van der Waals surface area (Å²) in [5, 5.41) is 5.65. The molecule has 3 rings (SSSR count). The SMILES string of the molecule is CNS(=O)(=O)c1ccc(CNC(=O)c2ccc(NC(=O)C3CC3C)cc2)cc1. The maximum Gasteiger partial charge on any atom is 0.251 e. The standard InChI is InChI=1S/C20H23N3O4S/c1-13-11-18(13)20(25)23-16-7-5-15(6-8-16)19(24)22-12-14-3-9-17(10-4-14)28(26,27)21-2/h3-10,13,18,21H,11-12H2,1-2H3,(H,22,24)(H,23,25). The van der Waals surface area contributed by atoms with Gasteiger partial charge in [-0.2, -0.15) is 0 Å². The Morgan fingerprint density at radius 3 is 2.18 bits per heavy atom. The van der Waals surface area contributed by atoms with Crippen LogP contribution in [0.2, 0.25) is 0 Å². The average Bonchev–Trinajstić information content (AvgIpc) is 3.44. The molecule has 0 radical (unpaired) electrons. The van der Waals surface area contributed by atoms with Crippen molar-refractivity contribution < 1.29 is 18.0 Å². The van der Waals surface area contributed by atoms with E-state index in [0.29, 0.717) is 17.2 Å². The molecule has 0 saturated heterocycles. The zero-order valence-electron chi connectivity index (χ0n) is 15.7. The van der Waals surface area contributed by atoms with Gasteiger partial charge in [-0.1, -0.05) is 19.1 Å². The van der Waals surface area contributed by atoms with E-state index in [2.05, 4.69) is 15.4 Å². The highest BCUT2D eigenvalue weighted by molar-refractivity contribution is 7.89. The summed E-state index contributed by atoms with van der Waals surface area (Å²) < 4.78 is 25.7. The van der Waals surface area contributed by atoms with Gasteiger partial charge in [0, 0.05) is 23.7 Å². The molecule has 8 heteroatoms. The number of rotatable bonds is 7. The van der Waals surface area contributed by atoms with Crippen LogP contribution >= 0.6 is 0 Å². The molecular formula is C20H23N3O4S. The zero-order valence-corrected chi connectivity index (χ0v) is 16.5. The van der Waals surface area contributed by atoms with Crippen molar-refractivity contribution >= 4 is 27.5 Å². The van der Waals surface area contributed by atoms with Gasteiger partial charge in [-0.15, -0.1) is 0 Å². The largest absolute Gasteiger partial charge is 0.348 e. The Bertz CT molecular complexity index is 970. The van der Waals surface area contributed by atoms with Crippen LogP contribution < -0.4 is 15.4 Å². The van der Waals surface area contributed by atoms with E-state index in [4.69, 9.17) is 0 Å². The Kier molecular flexibility index (Phi) is 5.81. The zero-order chi connectivity index (χ0) is 20.3. The topological polar surface area (TPSA) is 104 Å². The van der Waals surface area contributed by atoms with Crippen molar-refractivity contribution in [1.82, 2.24) is 10.0 Å². The molecule has 0 heterocycles. The molecule has 2 unspecified atom stereocenters. The summed E-state index contributed by atoms with van der Waals surface area (Å²) in [6.45, 7) is 2.32. The number of benzene rings is 2. The minimum atomic E-state index is -3.47. The molecule has 0 aliphatic heterocycles. The van der Waals surface area contributed by atoms with E-state index in [1.807, 2.05) is 6.92 Å². The quantitative estimate of drug-likeness (QED) is 0.661. The lowest BCUT2D eigenvalue weighted by Crippen LogP contribution is -2.23. The molecule has 1 saturated carbocycles. The second-order valence-corrected chi connectivity index (χ2v) is 8.81. The van der Waals surface area contributed by atoms with Gasteiger partial charge in [-0.25, -0.2) is 13.1 Å². The van der Waals surface area contributed by atoms with Gasteiger partial charge in [0.15, 0.2) is 0 Å². The molecule has 7 nitrogen and oxygen atoms in total. The molecule has 28 heavy (non-hydrogen) atoms. The first-order chi connectivity index (χ1) is 13.3. The lowest BCUT2D eigenvalue weighted by molar-refractivity contribution is -0.117. The maximum absolute atomic E-state index is 12.3. The highest BCUT2D eigenvalue weighted by Crippen LogP contribution is 2.38. The third kappa shape index (κ3) is 4.76. The third-order valence-corrected chi connectivity index (χ3v) is 6.25. The number of sulfonamides is 1. The first-order valence-electron chi connectivity index (χ1n) is 9.02. The highest BCUT2D eigenvalue weighted by atomic mass is 32.2. The van der Waals surface area contributed by atoms with Gasteiger partial charge in [0.2, 0.25) is 15.9 Å². The second kappa shape index (κ2) is 8.12. The van der Waals surface area contributed by atoms with Crippen LogP contribution in [0.1, 0.15) is 29.3 Å². The number of nitrogens with one attached hydrogen (secondary N) is 3. The van der Waals surface area contributed by atoms with E-state index in [1.54, 1.807) is 36.4 Å². The lowest BCUT2D eigenvalue weighted by atomic mass is 10.1. The van der Waals surface area contributed by atoms with E-state index < -0.39 is 10.0 Å².